The van der Waals surface area contributed by atoms with Gasteiger partial charge in [-0.2, -0.15) is 0 Å². The minimum atomic E-state index is -3.30. The fourth-order valence-electron chi connectivity index (χ4n) is 1.37. The van der Waals surface area contributed by atoms with Crippen LogP contribution in [-0.2, 0) is 15.6 Å². The van der Waals surface area contributed by atoms with Crippen LogP contribution in [0.15, 0.2) is 30.3 Å². The van der Waals surface area contributed by atoms with Crippen LogP contribution in [0.2, 0.25) is 5.82 Å². The van der Waals surface area contributed by atoms with E-state index in [0.29, 0.717) is 5.56 Å². The van der Waals surface area contributed by atoms with E-state index in [0.717, 1.165) is 0 Å². The molecule has 2 N–H and O–H groups in total. The average Bonchev–Trinajstić information content (AvgIpc) is 2.17. The lowest BCUT2D eigenvalue weighted by atomic mass is 9.76. The Morgan fingerprint density at radius 3 is 2.31 bits per heavy atom. The zero-order valence-corrected chi connectivity index (χ0v) is 9.89. The molecule has 0 spiro atoms. The quantitative estimate of drug-likeness (QED) is 0.736. The van der Waals surface area contributed by atoms with E-state index >= 15 is 0 Å². The molecule has 0 bridgehead atoms. The van der Waals surface area contributed by atoms with E-state index in [9.17, 15) is 8.42 Å². The number of hydrogen-bond acceptors (Lipinski definition) is 4. The molecule has 0 heterocycles. The van der Waals surface area contributed by atoms with Gasteiger partial charge in [0.1, 0.15) is 0 Å². The van der Waals surface area contributed by atoms with Crippen LogP contribution >= 0.6 is 0 Å². The fourth-order valence-corrected chi connectivity index (χ4v) is 3.17. The van der Waals surface area contributed by atoms with Crippen LogP contribution in [0, 0.1) is 0 Å². The van der Waals surface area contributed by atoms with Crippen molar-refractivity contribution in [3.63, 3.8) is 0 Å². The molecule has 0 unspecified atom stereocenters. The molecule has 0 saturated heterocycles. The summed E-state index contributed by atoms with van der Waals surface area (Å²) in [6.07, 6.45) is 0. The Hall–Kier alpha value is -0.845. The Morgan fingerprint density at radius 1 is 1.25 bits per heavy atom. The molecule has 6 heteroatoms. The second-order valence-corrected chi connectivity index (χ2v) is 6.04. The van der Waals surface area contributed by atoms with Crippen LogP contribution in [0.3, 0.4) is 0 Å². The molecule has 0 aliphatic rings. The van der Waals surface area contributed by atoms with Crippen LogP contribution in [0.1, 0.15) is 12.5 Å². The predicted octanol–water partition coefficient (Wildman–Crippen LogP) is 0.464. The maximum atomic E-state index is 11.7. The number of sulfone groups is 1. The van der Waals surface area contributed by atoms with Crippen molar-refractivity contribution in [2.24, 2.45) is 0 Å². The van der Waals surface area contributed by atoms with Gasteiger partial charge in [0.2, 0.25) is 0 Å². The molecule has 0 aromatic heterocycles. The highest BCUT2D eigenvalue weighted by Crippen LogP contribution is 2.13. The van der Waals surface area contributed by atoms with Gasteiger partial charge in [0.15, 0.2) is 9.84 Å². The molecule has 0 aliphatic heterocycles. The topological polar surface area (TPSA) is 74.6 Å². The van der Waals surface area contributed by atoms with Crippen molar-refractivity contribution in [3.8, 4) is 0 Å². The Labute approximate surface area is 96.0 Å². The van der Waals surface area contributed by atoms with E-state index in [1.54, 1.807) is 24.3 Å². The van der Waals surface area contributed by atoms with Gasteiger partial charge < -0.3 is 10.0 Å². The molecular weight excluding hydrogens is 227 g/mol. The van der Waals surface area contributed by atoms with Crippen LogP contribution in [0.5, 0.6) is 0 Å². The van der Waals surface area contributed by atoms with Gasteiger partial charge in [-0.25, -0.2) is 8.42 Å². The minimum Gasteiger partial charge on any atom is -0.427 e. The standard InChI is InChI=1S/C10H15BO4S/c1-9(11(12)13)7-16(14,15)8-10-5-3-2-4-6-10/h2-6,9,12-13H,7-8H2,1H3/t9-/m1/s1. The van der Waals surface area contributed by atoms with Gasteiger partial charge in [0.25, 0.3) is 0 Å². The van der Waals surface area contributed by atoms with Crippen molar-refractivity contribution in [1.82, 2.24) is 0 Å². The zero-order valence-electron chi connectivity index (χ0n) is 9.07. The smallest absolute Gasteiger partial charge is 0.427 e. The molecule has 0 saturated carbocycles. The number of benzene rings is 1. The van der Waals surface area contributed by atoms with Gasteiger partial charge in [-0.3, -0.25) is 0 Å². The molecule has 16 heavy (non-hydrogen) atoms. The highest BCUT2D eigenvalue weighted by Gasteiger charge is 2.24. The second kappa shape index (κ2) is 5.47. The molecule has 1 rings (SSSR count). The summed E-state index contributed by atoms with van der Waals surface area (Å²) >= 11 is 0. The van der Waals surface area contributed by atoms with Gasteiger partial charge >= 0.3 is 7.12 Å². The van der Waals surface area contributed by atoms with E-state index in [-0.39, 0.29) is 11.5 Å². The highest BCUT2D eigenvalue weighted by molar-refractivity contribution is 7.90. The summed E-state index contributed by atoms with van der Waals surface area (Å²) in [4.78, 5) is 0. The largest absolute Gasteiger partial charge is 0.455 e. The summed E-state index contributed by atoms with van der Waals surface area (Å²) in [5, 5.41) is 17.7. The zero-order chi connectivity index (χ0) is 12.2. The summed E-state index contributed by atoms with van der Waals surface area (Å²) in [5.74, 6) is -0.960. The van der Waals surface area contributed by atoms with E-state index < -0.39 is 22.8 Å². The third-order valence-electron chi connectivity index (χ3n) is 2.26. The molecule has 1 aromatic carbocycles. The van der Waals surface area contributed by atoms with Crippen LogP contribution in [0.25, 0.3) is 0 Å². The SMILES string of the molecule is C[C@H](CS(=O)(=O)Cc1ccccc1)B(O)O. The summed E-state index contributed by atoms with van der Waals surface area (Å²) < 4.78 is 23.4. The Balaban J connectivity index is 2.66. The first kappa shape index (κ1) is 13.2. The third kappa shape index (κ3) is 4.34. The Bertz CT molecular complexity index is 416. The molecule has 4 nitrogen and oxygen atoms in total. The molecule has 0 aliphatic carbocycles. The summed E-state index contributed by atoms with van der Waals surface area (Å²) in [6, 6.07) is 8.83. The third-order valence-corrected chi connectivity index (χ3v) is 4.06. The van der Waals surface area contributed by atoms with Gasteiger partial charge in [-0.15, -0.1) is 0 Å². The molecule has 0 fully saturated rings. The van der Waals surface area contributed by atoms with Crippen LogP contribution in [-0.4, -0.2) is 31.3 Å². The first-order valence-corrected chi connectivity index (χ1v) is 6.83. The maximum Gasteiger partial charge on any atom is 0.455 e. The monoisotopic (exact) mass is 242 g/mol. The van der Waals surface area contributed by atoms with Crippen molar-refractivity contribution in [2.45, 2.75) is 18.5 Å². The molecule has 88 valence electrons. The van der Waals surface area contributed by atoms with Gasteiger partial charge in [-0.05, 0) is 5.56 Å². The van der Waals surface area contributed by atoms with Crippen molar-refractivity contribution in [2.75, 3.05) is 5.75 Å². The Morgan fingerprint density at radius 2 is 1.81 bits per heavy atom. The second-order valence-electron chi connectivity index (χ2n) is 3.93. The lowest BCUT2D eigenvalue weighted by molar-refractivity contribution is 0.392. The van der Waals surface area contributed by atoms with Gasteiger partial charge in [-0.1, -0.05) is 37.3 Å². The molecular formula is C10H15BO4S. The lowest BCUT2D eigenvalue weighted by Gasteiger charge is -2.10. The normalized spacial score (nSPS) is 13.4. The number of hydrogen-bond donors (Lipinski definition) is 2. The molecule has 1 atom stereocenters. The summed E-state index contributed by atoms with van der Waals surface area (Å²) in [7, 11) is -4.89. The van der Waals surface area contributed by atoms with E-state index in [2.05, 4.69) is 0 Å². The molecule has 1 aromatic rings. The maximum absolute atomic E-state index is 11.7. The first-order chi connectivity index (χ1) is 7.41. The van der Waals surface area contributed by atoms with E-state index in [1.807, 2.05) is 6.07 Å². The van der Waals surface area contributed by atoms with E-state index in [4.69, 9.17) is 10.0 Å². The van der Waals surface area contributed by atoms with Crippen molar-refractivity contribution >= 4 is 17.0 Å². The first-order valence-electron chi connectivity index (χ1n) is 5.01. The van der Waals surface area contributed by atoms with Gasteiger partial charge in [0, 0.05) is 5.82 Å². The molecule has 0 radical (unpaired) electrons. The predicted molar refractivity (Wildman–Crippen MR) is 63.5 cm³/mol. The van der Waals surface area contributed by atoms with Gasteiger partial charge in [0.05, 0.1) is 11.5 Å². The van der Waals surface area contributed by atoms with Crippen molar-refractivity contribution < 1.29 is 18.5 Å². The van der Waals surface area contributed by atoms with Crippen LogP contribution in [0.4, 0.5) is 0 Å². The van der Waals surface area contributed by atoms with Crippen molar-refractivity contribution in [3.05, 3.63) is 35.9 Å². The Kier molecular flexibility index (Phi) is 4.52. The van der Waals surface area contributed by atoms with E-state index in [1.165, 1.54) is 6.92 Å². The summed E-state index contributed by atoms with van der Waals surface area (Å²) in [5.41, 5.74) is 0.710. The lowest BCUT2D eigenvalue weighted by Crippen LogP contribution is -2.25. The molecule has 0 amide bonds. The van der Waals surface area contributed by atoms with Crippen molar-refractivity contribution in [1.29, 1.82) is 0 Å². The average molecular weight is 242 g/mol. The highest BCUT2D eigenvalue weighted by atomic mass is 32.2. The number of rotatable bonds is 5. The van der Waals surface area contributed by atoms with Crippen LogP contribution < -0.4 is 0 Å². The summed E-state index contributed by atoms with van der Waals surface area (Å²) in [6.45, 7) is 1.49. The minimum absolute atomic E-state index is 0.0646. The fraction of sp³-hybridized carbons (Fsp3) is 0.400.